The van der Waals surface area contributed by atoms with Crippen LogP contribution < -0.4 is 0 Å². The van der Waals surface area contributed by atoms with Crippen LogP contribution in [0.3, 0.4) is 0 Å². The highest BCUT2D eigenvalue weighted by Gasteiger charge is 2.34. The summed E-state index contributed by atoms with van der Waals surface area (Å²) in [5.74, 6) is 1.80. The van der Waals surface area contributed by atoms with Crippen molar-refractivity contribution in [1.29, 1.82) is 0 Å². The molecule has 1 atom stereocenters. The monoisotopic (exact) mass is 387 g/mol. The van der Waals surface area contributed by atoms with Crippen LogP contribution in [0.4, 0.5) is 0 Å². The molecular formula is C17H14BrN3O3. The number of carbonyl (C=O) groups excluding carboxylic acids is 1. The number of halogens is 1. The fourth-order valence-corrected chi connectivity index (χ4v) is 3.06. The first-order valence-electron chi connectivity index (χ1n) is 7.59. The van der Waals surface area contributed by atoms with Gasteiger partial charge in [0.2, 0.25) is 17.6 Å². The molecule has 1 saturated heterocycles. The van der Waals surface area contributed by atoms with Gasteiger partial charge in [-0.05, 0) is 36.4 Å². The van der Waals surface area contributed by atoms with Gasteiger partial charge in [0.25, 0.3) is 0 Å². The molecule has 3 aromatic rings. The average molecular weight is 388 g/mol. The Labute approximate surface area is 146 Å². The summed E-state index contributed by atoms with van der Waals surface area (Å²) in [6.07, 6.45) is 1.98. The van der Waals surface area contributed by atoms with Crippen LogP contribution in [0, 0.1) is 0 Å². The molecular weight excluding hydrogens is 374 g/mol. The van der Waals surface area contributed by atoms with Gasteiger partial charge in [-0.1, -0.05) is 21.1 Å². The fourth-order valence-electron chi connectivity index (χ4n) is 2.80. The first kappa shape index (κ1) is 15.1. The molecule has 0 bridgehead atoms. The van der Waals surface area contributed by atoms with Gasteiger partial charge < -0.3 is 13.8 Å². The number of likely N-dealkylation sites (tertiary alicyclic amines) is 1. The SMILES string of the molecule is O=C1CC(c2nc(-c3ccc(Br)cc3)no2)CN1Cc1ccco1. The molecule has 1 aromatic carbocycles. The van der Waals surface area contributed by atoms with E-state index in [2.05, 4.69) is 26.1 Å². The third-order valence-electron chi connectivity index (χ3n) is 4.03. The van der Waals surface area contributed by atoms with Gasteiger partial charge in [0.1, 0.15) is 5.76 Å². The lowest BCUT2D eigenvalue weighted by atomic mass is 10.1. The third kappa shape index (κ3) is 2.99. The van der Waals surface area contributed by atoms with Crippen LogP contribution in [-0.4, -0.2) is 27.5 Å². The third-order valence-corrected chi connectivity index (χ3v) is 4.56. The van der Waals surface area contributed by atoms with Gasteiger partial charge in [-0.15, -0.1) is 0 Å². The Bertz CT molecular complexity index is 842. The predicted molar refractivity (Wildman–Crippen MR) is 88.9 cm³/mol. The second-order valence-electron chi connectivity index (χ2n) is 5.72. The predicted octanol–water partition coefficient (Wildman–Crippen LogP) is 3.61. The smallest absolute Gasteiger partial charge is 0.232 e. The molecule has 6 nitrogen and oxygen atoms in total. The van der Waals surface area contributed by atoms with E-state index < -0.39 is 0 Å². The lowest BCUT2D eigenvalue weighted by molar-refractivity contribution is -0.128. The summed E-state index contributed by atoms with van der Waals surface area (Å²) >= 11 is 3.40. The van der Waals surface area contributed by atoms with E-state index in [4.69, 9.17) is 8.94 Å². The topological polar surface area (TPSA) is 72.4 Å². The maximum Gasteiger partial charge on any atom is 0.232 e. The summed E-state index contributed by atoms with van der Waals surface area (Å²) in [7, 11) is 0. The van der Waals surface area contributed by atoms with Gasteiger partial charge in [-0.3, -0.25) is 4.79 Å². The minimum absolute atomic E-state index is 0.0693. The van der Waals surface area contributed by atoms with Gasteiger partial charge in [-0.25, -0.2) is 0 Å². The minimum Gasteiger partial charge on any atom is -0.467 e. The molecule has 1 amide bonds. The van der Waals surface area contributed by atoms with E-state index >= 15 is 0 Å². The number of carbonyl (C=O) groups is 1. The Morgan fingerprint density at radius 2 is 2.08 bits per heavy atom. The van der Waals surface area contributed by atoms with Crippen LogP contribution in [0.5, 0.6) is 0 Å². The molecule has 122 valence electrons. The summed E-state index contributed by atoms with van der Waals surface area (Å²) in [5.41, 5.74) is 0.880. The number of aromatic nitrogens is 2. The molecule has 4 rings (SSSR count). The van der Waals surface area contributed by atoms with Crippen molar-refractivity contribution in [3.63, 3.8) is 0 Å². The molecule has 1 aliphatic rings. The molecule has 0 aliphatic carbocycles. The van der Waals surface area contributed by atoms with Crippen LogP contribution >= 0.6 is 15.9 Å². The number of hydrogen-bond acceptors (Lipinski definition) is 5. The number of amides is 1. The van der Waals surface area contributed by atoms with Crippen LogP contribution in [-0.2, 0) is 11.3 Å². The lowest BCUT2D eigenvalue weighted by Crippen LogP contribution is -2.24. The van der Waals surface area contributed by atoms with E-state index in [0.29, 0.717) is 31.2 Å². The summed E-state index contributed by atoms with van der Waals surface area (Å²) in [6.45, 7) is 1.03. The summed E-state index contributed by atoms with van der Waals surface area (Å²) in [6, 6.07) is 11.4. The van der Waals surface area contributed by atoms with Gasteiger partial charge in [0.15, 0.2) is 0 Å². The van der Waals surface area contributed by atoms with Gasteiger partial charge in [0, 0.05) is 23.0 Å². The van der Waals surface area contributed by atoms with Crippen molar-refractivity contribution in [2.24, 2.45) is 0 Å². The highest BCUT2D eigenvalue weighted by Crippen LogP contribution is 2.29. The van der Waals surface area contributed by atoms with Crippen molar-refractivity contribution < 1.29 is 13.7 Å². The molecule has 2 aromatic heterocycles. The van der Waals surface area contributed by atoms with E-state index in [1.54, 1.807) is 11.2 Å². The Kier molecular flexibility index (Phi) is 3.93. The average Bonchev–Trinajstić information content (AvgIpc) is 3.31. The Morgan fingerprint density at radius 3 is 2.83 bits per heavy atom. The van der Waals surface area contributed by atoms with E-state index in [0.717, 1.165) is 15.8 Å². The van der Waals surface area contributed by atoms with E-state index in [-0.39, 0.29) is 11.8 Å². The van der Waals surface area contributed by atoms with Gasteiger partial charge >= 0.3 is 0 Å². The second-order valence-corrected chi connectivity index (χ2v) is 6.63. The molecule has 0 radical (unpaired) electrons. The minimum atomic E-state index is -0.0795. The normalized spacial score (nSPS) is 17.6. The maximum absolute atomic E-state index is 12.2. The first-order valence-corrected chi connectivity index (χ1v) is 8.38. The highest BCUT2D eigenvalue weighted by atomic mass is 79.9. The quantitative estimate of drug-likeness (QED) is 0.683. The van der Waals surface area contributed by atoms with Crippen molar-refractivity contribution >= 4 is 21.8 Å². The maximum atomic E-state index is 12.2. The van der Waals surface area contributed by atoms with Crippen molar-refractivity contribution in [2.75, 3.05) is 6.54 Å². The molecule has 0 saturated carbocycles. The van der Waals surface area contributed by atoms with Crippen LogP contribution in [0.2, 0.25) is 0 Å². The zero-order valence-electron chi connectivity index (χ0n) is 12.7. The number of nitrogens with zero attached hydrogens (tertiary/aromatic N) is 3. The van der Waals surface area contributed by atoms with Crippen molar-refractivity contribution in [2.45, 2.75) is 18.9 Å². The molecule has 1 aliphatic heterocycles. The zero-order chi connectivity index (χ0) is 16.5. The summed E-state index contributed by atoms with van der Waals surface area (Å²) in [5, 5.41) is 4.04. The van der Waals surface area contributed by atoms with E-state index in [1.807, 2.05) is 36.4 Å². The largest absolute Gasteiger partial charge is 0.467 e. The van der Waals surface area contributed by atoms with Crippen molar-refractivity contribution in [3.8, 4) is 11.4 Å². The molecule has 7 heteroatoms. The van der Waals surface area contributed by atoms with E-state index in [1.165, 1.54) is 0 Å². The number of hydrogen-bond donors (Lipinski definition) is 0. The van der Waals surface area contributed by atoms with Crippen LogP contribution in [0.15, 0.2) is 56.1 Å². The Morgan fingerprint density at radius 1 is 1.25 bits per heavy atom. The van der Waals surface area contributed by atoms with Crippen LogP contribution in [0.1, 0.15) is 24.0 Å². The number of benzene rings is 1. The summed E-state index contributed by atoms with van der Waals surface area (Å²) < 4.78 is 11.7. The Balaban J connectivity index is 1.49. The van der Waals surface area contributed by atoms with Gasteiger partial charge in [0.05, 0.1) is 18.7 Å². The standard InChI is InChI=1S/C17H14BrN3O3/c18-13-5-3-11(4-6-13)16-19-17(24-20-16)12-8-15(22)21(9-12)10-14-2-1-7-23-14/h1-7,12H,8-10H2. The molecule has 1 fully saturated rings. The second kappa shape index (κ2) is 6.24. The van der Waals surface area contributed by atoms with Crippen LogP contribution in [0.25, 0.3) is 11.4 Å². The molecule has 0 spiro atoms. The zero-order valence-corrected chi connectivity index (χ0v) is 14.3. The summed E-state index contributed by atoms with van der Waals surface area (Å²) in [4.78, 5) is 18.4. The first-order chi connectivity index (χ1) is 11.7. The van der Waals surface area contributed by atoms with Crippen molar-refractivity contribution in [1.82, 2.24) is 15.0 Å². The van der Waals surface area contributed by atoms with Gasteiger partial charge in [-0.2, -0.15) is 4.98 Å². The lowest BCUT2D eigenvalue weighted by Gasteiger charge is -2.13. The molecule has 1 unspecified atom stereocenters. The molecule has 0 N–H and O–H groups in total. The van der Waals surface area contributed by atoms with Crippen molar-refractivity contribution in [3.05, 3.63) is 58.8 Å². The molecule has 24 heavy (non-hydrogen) atoms. The highest BCUT2D eigenvalue weighted by molar-refractivity contribution is 9.10. The molecule has 3 heterocycles. The van der Waals surface area contributed by atoms with E-state index in [9.17, 15) is 4.79 Å². The number of rotatable bonds is 4. The Hall–Kier alpha value is -2.41. The fraction of sp³-hybridized carbons (Fsp3) is 0.235. The number of furan rings is 1.